The van der Waals surface area contributed by atoms with Crippen LogP contribution in [0, 0.1) is 0 Å². The number of carbonyl (C=O) groups is 2. The highest BCUT2D eigenvalue weighted by atomic mass is 16.6. The highest BCUT2D eigenvalue weighted by molar-refractivity contribution is 5.91. The van der Waals surface area contributed by atoms with Crippen LogP contribution in [0.25, 0.3) is 0 Å². The van der Waals surface area contributed by atoms with Crippen LogP contribution in [-0.2, 0) is 9.53 Å². The molecule has 0 aliphatic carbocycles. The zero-order chi connectivity index (χ0) is 19.9. The van der Waals surface area contributed by atoms with Gasteiger partial charge in [-0.05, 0) is 25.1 Å². The molecule has 28 heavy (non-hydrogen) atoms. The van der Waals surface area contributed by atoms with E-state index < -0.39 is 5.97 Å². The number of para-hydroxylation sites is 2. The molecule has 1 atom stereocenters. The number of amides is 1. The molecule has 1 aliphatic heterocycles. The largest absolute Gasteiger partial charge is 0.486 e. The number of likely N-dealkylation sites (N-methyl/N-ethyl adjacent to an activating group) is 1. The van der Waals surface area contributed by atoms with Crippen LogP contribution in [0.4, 0.5) is 0 Å². The monoisotopic (exact) mass is 386 g/mol. The van der Waals surface area contributed by atoms with E-state index in [4.69, 9.17) is 18.9 Å². The number of rotatable bonds is 7. The molecule has 1 amide bonds. The first kappa shape index (κ1) is 19.5. The third kappa shape index (κ3) is 4.70. The summed E-state index contributed by atoms with van der Waals surface area (Å²) in [5.41, 5.74) is 0.247. The second kappa shape index (κ2) is 9.07. The Morgan fingerprint density at radius 1 is 1.21 bits per heavy atom. The molecule has 1 unspecified atom stereocenters. The molecule has 1 aliphatic rings. The molecule has 0 saturated carbocycles. The Labute approximate surface area is 163 Å². The quantitative estimate of drug-likeness (QED) is 0.672. The van der Waals surface area contributed by atoms with Crippen molar-refractivity contribution in [1.29, 1.82) is 0 Å². The fourth-order valence-electron chi connectivity index (χ4n) is 2.73. The van der Waals surface area contributed by atoms with E-state index in [1.165, 1.54) is 19.4 Å². The van der Waals surface area contributed by atoms with Gasteiger partial charge < -0.3 is 23.8 Å². The van der Waals surface area contributed by atoms with Crippen LogP contribution in [0.3, 0.4) is 0 Å². The molecule has 0 fully saturated rings. The molecule has 8 nitrogen and oxygen atoms in total. The van der Waals surface area contributed by atoms with Crippen LogP contribution in [-0.4, -0.2) is 61.3 Å². The summed E-state index contributed by atoms with van der Waals surface area (Å²) >= 11 is 0. The van der Waals surface area contributed by atoms with Gasteiger partial charge in [0.05, 0.1) is 19.2 Å². The molecular weight excluding hydrogens is 364 g/mol. The number of nitrogens with zero attached hydrogens (tertiary/aromatic N) is 2. The molecule has 8 heteroatoms. The number of ether oxygens (including phenoxy) is 4. The molecule has 1 aromatic carbocycles. The van der Waals surface area contributed by atoms with Crippen molar-refractivity contribution >= 4 is 11.9 Å². The fraction of sp³-hybridized carbons (Fsp3) is 0.350. The van der Waals surface area contributed by atoms with Crippen molar-refractivity contribution in [3.8, 4) is 17.4 Å². The molecule has 0 saturated heterocycles. The summed E-state index contributed by atoms with van der Waals surface area (Å²) in [6.45, 7) is 2.64. The maximum Gasteiger partial charge on any atom is 0.340 e. The van der Waals surface area contributed by atoms with Crippen LogP contribution in [0.15, 0.2) is 42.6 Å². The molecule has 3 rings (SSSR count). The van der Waals surface area contributed by atoms with Gasteiger partial charge in [-0.3, -0.25) is 4.79 Å². The van der Waals surface area contributed by atoms with Crippen molar-refractivity contribution < 1.29 is 28.5 Å². The molecule has 1 aromatic heterocycles. The van der Waals surface area contributed by atoms with Gasteiger partial charge in [0.1, 0.15) is 6.61 Å². The maximum absolute atomic E-state index is 12.4. The van der Waals surface area contributed by atoms with Gasteiger partial charge in [-0.15, -0.1) is 0 Å². The average molecular weight is 386 g/mol. The van der Waals surface area contributed by atoms with E-state index in [0.717, 1.165) is 0 Å². The van der Waals surface area contributed by atoms with E-state index in [1.54, 1.807) is 11.0 Å². The molecule has 0 bridgehead atoms. The van der Waals surface area contributed by atoms with Crippen LogP contribution < -0.4 is 14.2 Å². The second-order valence-electron chi connectivity index (χ2n) is 6.10. The Bertz CT molecular complexity index is 824. The van der Waals surface area contributed by atoms with Crippen molar-refractivity contribution in [3.05, 3.63) is 48.2 Å². The van der Waals surface area contributed by atoms with Crippen molar-refractivity contribution in [2.75, 3.05) is 33.4 Å². The summed E-state index contributed by atoms with van der Waals surface area (Å²) in [6, 6.07) is 10.5. The van der Waals surface area contributed by atoms with Gasteiger partial charge >= 0.3 is 5.97 Å². The van der Waals surface area contributed by atoms with Crippen molar-refractivity contribution in [2.45, 2.75) is 13.0 Å². The van der Waals surface area contributed by atoms with Gasteiger partial charge in [-0.25, -0.2) is 9.78 Å². The number of esters is 1. The number of hydrogen-bond acceptors (Lipinski definition) is 7. The van der Waals surface area contributed by atoms with E-state index in [1.807, 2.05) is 31.2 Å². The van der Waals surface area contributed by atoms with Gasteiger partial charge in [0.25, 0.3) is 5.91 Å². The van der Waals surface area contributed by atoms with E-state index in [9.17, 15) is 9.59 Å². The summed E-state index contributed by atoms with van der Waals surface area (Å²) in [7, 11) is 1.48. The predicted octanol–water partition coefficient (Wildman–Crippen LogP) is 1.94. The first-order valence-corrected chi connectivity index (χ1v) is 8.94. The van der Waals surface area contributed by atoms with Crippen LogP contribution in [0.2, 0.25) is 0 Å². The number of benzene rings is 1. The van der Waals surface area contributed by atoms with E-state index in [2.05, 4.69) is 4.98 Å². The minimum Gasteiger partial charge on any atom is -0.486 e. The Morgan fingerprint density at radius 3 is 2.68 bits per heavy atom. The lowest BCUT2D eigenvalue weighted by atomic mass is 10.2. The van der Waals surface area contributed by atoms with Crippen LogP contribution in [0.5, 0.6) is 17.4 Å². The lowest BCUT2D eigenvalue weighted by molar-refractivity contribution is -0.135. The Hall–Kier alpha value is -3.29. The summed E-state index contributed by atoms with van der Waals surface area (Å²) in [6.07, 6.45) is 1.05. The molecule has 0 radical (unpaired) electrons. The number of carbonyl (C=O) groups excluding carboxylic acids is 2. The SMILES string of the molecule is CCN(CC1COc2ccccc2O1)C(=O)COC(=O)c1ccc(OC)nc1. The molecule has 2 heterocycles. The van der Waals surface area contributed by atoms with Gasteiger partial charge in [0.2, 0.25) is 5.88 Å². The summed E-state index contributed by atoms with van der Waals surface area (Å²) in [5, 5.41) is 0. The Morgan fingerprint density at radius 2 is 2.00 bits per heavy atom. The normalized spacial score (nSPS) is 14.9. The highest BCUT2D eigenvalue weighted by Gasteiger charge is 2.25. The minimum atomic E-state index is -0.620. The third-order valence-corrected chi connectivity index (χ3v) is 4.23. The Balaban J connectivity index is 1.51. The topological polar surface area (TPSA) is 87.2 Å². The van der Waals surface area contributed by atoms with Crippen molar-refractivity contribution in [3.63, 3.8) is 0 Å². The standard InChI is InChI=1S/C20H22N2O6/c1-3-22(11-15-12-26-16-6-4-5-7-17(16)28-15)19(23)13-27-20(24)14-8-9-18(25-2)21-10-14/h4-10,15H,3,11-13H2,1-2H3. The number of methoxy groups -OCH3 is 1. The third-order valence-electron chi connectivity index (χ3n) is 4.23. The second-order valence-corrected chi connectivity index (χ2v) is 6.10. The summed E-state index contributed by atoms with van der Waals surface area (Å²) < 4.78 is 21.6. The molecule has 2 aromatic rings. The zero-order valence-corrected chi connectivity index (χ0v) is 15.8. The van der Waals surface area contributed by atoms with E-state index in [-0.39, 0.29) is 24.2 Å². The van der Waals surface area contributed by atoms with Gasteiger partial charge in [0.15, 0.2) is 24.2 Å². The van der Waals surface area contributed by atoms with Gasteiger partial charge in [-0.2, -0.15) is 0 Å². The lowest BCUT2D eigenvalue weighted by Gasteiger charge is -2.30. The lowest BCUT2D eigenvalue weighted by Crippen LogP contribution is -2.45. The zero-order valence-electron chi connectivity index (χ0n) is 15.8. The maximum atomic E-state index is 12.4. The molecule has 0 N–H and O–H groups in total. The molecule has 0 spiro atoms. The first-order valence-electron chi connectivity index (χ1n) is 8.94. The number of aromatic nitrogens is 1. The number of fused-ring (bicyclic) bond motifs is 1. The fourth-order valence-corrected chi connectivity index (χ4v) is 2.73. The molecular formula is C20H22N2O6. The van der Waals surface area contributed by atoms with E-state index >= 15 is 0 Å². The number of hydrogen-bond donors (Lipinski definition) is 0. The smallest absolute Gasteiger partial charge is 0.340 e. The average Bonchev–Trinajstić information content (AvgIpc) is 2.75. The Kier molecular flexibility index (Phi) is 6.31. The first-order chi connectivity index (χ1) is 13.6. The minimum absolute atomic E-state index is 0.247. The van der Waals surface area contributed by atoms with Gasteiger partial charge in [0, 0.05) is 18.8 Å². The van der Waals surface area contributed by atoms with Crippen molar-refractivity contribution in [1.82, 2.24) is 9.88 Å². The van der Waals surface area contributed by atoms with Crippen molar-refractivity contribution in [2.24, 2.45) is 0 Å². The summed E-state index contributed by atoms with van der Waals surface area (Å²) in [5.74, 6) is 0.808. The molecule has 148 valence electrons. The van der Waals surface area contributed by atoms with Gasteiger partial charge in [-0.1, -0.05) is 12.1 Å². The predicted molar refractivity (Wildman–Crippen MR) is 99.7 cm³/mol. The highest BCUT2D eigenvalue weighted by Crippen LogP contribution is 2.31. The summed E-state index contributed by atoms with van der Waals surface area (Å²) in [4.78, 5) is 30.0. The van der Waals surface area contributed by atoms with Crippen LogP contribution >= 0.6 is 0 Å². The van der Waals surface area contributed by atoms with E-state index in [0.29, 0.717) is 37.1 Å². The number of pyridine rings is 1. The van der Waals surface area contributed by atoms with Crippen LogP contribution in [0.1, 0.15) is 17.3 Å².